The third-order valence-electron chi connectivity index (χ3n) is 3.48. The standard InChI is InChI=1S/C17H14ClNO3S/c18-13-6-2-1-5-12(13)16(20)19-11-17(21,14-7-3-9-22-14)15-8-4-10-23-15/h1-10,21H,11H2,(H,19,20). The number of hydrogen-bond donors (Lipinski definition) is 2. The van der Waals surface area contributed by atoms with Crippen molar-refractivity contribution in [2.75, 3.05) is 6.54 Å². The van der Waals surface area contributed by atoms with E-state index in [1.165, 1.54) is 17.6 Å². The van der Waals surface area contributed by atoms with Gasteiger partial charge in [-0.1, -0.05) is 29.8 Å². The summed E-state index contributed by atoms with van der Waals surface area (Å²) in [5, 5.41) is 16.0. The fourth-order valence-electron chi connectivity index (χ4n) is 2.27. The number of furan rings is 1. The maximum atomic E-state index is 12.3. The number of hydrogen-bond acceptors (Lipinski definition) is 4. The maximum Gasteiger partial charge on any atom is 0.252 e. The number of carbonyl (C=O) groups is 1. The second-order valence-electron chi connectivity index (χ2n) is 4.98. The van der Waals surface area contributed by atoms with Crippen LogP contribution in [0.5, 0.6) is 0 Å². The van der Waals surface area contributed by atoms with Crippen molar-refractivity contribution >= 4 is 28.8 Å². The first-order valence-corrected chi connectivity index (χ1v) is 8.20. The first-order chi connectivity index (χ1) is 11.1. The molecule has 0 aliphatic heterocycles. The Morgan fingerprint density at radius 3 is 2.70 bits per heavy atom. The molecule has 0 bridgehead atoms. The minimum Gasteiger partial charge on any atom is -0.466 e. The number of rotatable bonds is 5. The van der Waals surface area contributed by atoms with Crippen LogP contribution in [0.4, 0.5) is 0 Å². The normalized spacial score (nSPS) is 13.5. The SMILES string of the molecule is O=C(NCC(O)(c1ccco1)c1cccs1)c1ccccc1Cl. The molecule has 1 atom stereocenters. The summed E-state index contributed by atoms with van der Waals surface area (Å²) in [6.45, 7) is -0.0227. The molecule has 0 saturated carbocycles. The summed E-state index contributed by atoms with van der Waals surface area (Å²) in [5.74, 6) is 0.0246. The van der Waals surface area contributed by atoms with E-state index in [1.54, 1.807) is 42.5 Å². The van der Waals surface area contributed by atoms with Gasteiger partial charge in [-0.15, -0.1) is 11.3 Å². The molecule has 3 aromatic rings. The summed E-state index contributed by atoms with van der Waals surface area (Å²) in [4.78, 5) is 13.0. The largest absolute Gasteiger partial charge is 0.466 e. The molecule has 1 aromatic carbocycles. The molecule has 0 aliphatic carbocycles. The van der Waals surface area contributed by atoms with Crippen LogP contribution in [0.2, 0.25) is 5.02 Å². The van der Waals surface area contributed by atoms with Crippen LogP contribution in [0.3, 0.4) is 0 Å². The Morgan fingerprint density at radius 2 is 2.04 bits per heavy atom. The van der Waals surface area contributed by atoms with Gasteiger partial charge < -0.3 is 14.8 Å². The predicted octanol–water partition coefficient (Wildman–Crippen LogP) is 3.66. The molecule has 2 heterocycles. The zero-order valence-electron chi connectivity index (χ0n) is 12.0. The molecule has 0 fully saturated rings. The molecule has 4 nitrogen and oxygen atoms in total. The molecule has 23 heavy (non-hydrogen) atoms. The monoisotopic (exact) mass is 347 g/mol. The first-order valence-electron chi connectivity index (χ1n) is 6.94. The van der Waals surface area contributed by atoms with Crippen molar-refractivity contribution in [1.82, 2.24) is 5.32 Å². The van der Waals surface area contributed by atoms with E-state index in [1.807, 2.05) is 11.4 Å². The number of nitrogens with one attached hydrogen (secondary N) is 1. The van der Waals surface area contributed by atoms with Crippen LogP contribution in [0.1, 0.15) is 21.0 Å². The minimum atomic E-state index is -1.42. The molecule has 0 saturated heterocycles. The van der Waals surface area contributed by atoms with E-state index in [9.17, 15) is 9.90 Å². The molecule has 118 valence electrons. The number of amides is 1. The molecule has 2 N–H and O–H groups in total. The van der Waals surface area contributed by atoms with Crippen LogP contribution in [0.15, 0.2) is 64.6 Å². The highest BCUT2D eigenvalue weighted by Crippen LogP contribution is 2.32. The van der Waals surface area contributed by atoms with Crippen molar-refractivity contribution in [2.24, 2.45) is 0 Å². The first kappa shape index (κ1) is 15.8. The van der Waals surface area contributed by atoms with Crippen LogP contribution >= 0.6 is 22.9 Å². The van der Waals surface area contributed by atoms with Gasteiger partial charge in [0, 0.05) is 4.88 Å². The highest BCUT2D eigenvalue weighted by Gasteiger charge is 2.36. The fraction of sp³-hybridized carbons (Fsp3) is 0.118. The average molecular weight is 348 g/mol. The fourth-order valence-corrected chi connectivity index (χ4v) is 3.32. The number of aliphatic hydroxyl groups is 1. The molecular formula is C17H14ClNO3S. The van der Waals surface area contributed by atoms with Crippen LogP contribution in [-0.2, 0) is 5.60 Å². The average Bonchev–Trinajstić information content (AvgIpc) is 3.25. The highest BCUT2D eigenvalue weighted by atomic mass is 35.5. The lowest BCUT2D eigenvalue weighted by Crippen LogP contribution is -2.41. The van der Waals surface area contributed by atoms with Crippen molar-refractivity contribution in [1.29, 1.82) is 0 Å². The Bertz CT molecular complexity index is 750. The zero-order valence-corrected chi connectivity index (χ0v) is 13.6. The summed E-state index contributed by atoms with van der Waals surface area (Å²) < 4.78 is 5.36. The lowest BCUT2D eigenvalue weighted by atomic mass is 9.98. The van der Waals surface area contributed by atoms with Gasteiger partial charge in [-0.3, -0.25) is 4.79 Å². The smallest absolute Gasteiger partial charge is 0.252 e. The molecular weight excluding hydrogens is 334 g/mol. The summed E-state index contributed by atoms with van der Waals surface area (Å²) in [6, 6.07) is 13.8. The Labute approximate surface area is 142 Å². The maximum absolute atomic E-state index is 12.3. The van der Waals surface area contributed by atoms with Gasteiger partial charge in [0.25, 0.3) is 5.91 Å². The summed E-state index contributed by atoms with van der Waals surface area (Å²) in [7, 11) is 0. The number of halogens is 1. The van der Waals surface area contributed by atoms with Gasteiger partial charge in [-0.25, -0.2) is 0 Å². The quantitative estimate of drug-likeness (QED) is 0.740. The van der Waals surface area contributed by atoms with Gasteiger partial charge in [0.05, 0.1) is 23.4 Å². The van der Waals surface area contributed by atoms with Gasteiger partial charge in [0.2, 0.25) is 0 Å². The van der Waals surface area contributed by atoms with Gasteiger partial charge in [0.1, 0.15) is 5.76 Å². The van der Waals surface area contributed by atoms with Gasteiger partial charge in [0.15, 0.2) is 5.60 Å². The van der Waals surface area contributed by atoms with Crippen molar-refractivity contribution in [3.05, 3.63) is 81.4 Å². The zero-order chi connectivity index (χ0) is 16.3. The molecule has 1 amide bonds. The van der Waals surface area contributed by atoms with E-state index < -0.39 is 5.60 Å². The summed E-state index contributed by atoms with van der Waals surface area (Å²) in [5.41, 5.74) is -1.06. The van der Waals surface area contributed by atoms with Crippen LogP contribution < -0.4 is 5.32 Å². The molecule has 6 heteroatoms. The van der Waals surface area contributed by atoms with Crippen molar-refractivity contribution in [3.8, 4) is 0 Å². The lowest BCUT2D eigenvalue weighted by Gasteiger charge is -2.25. The van der Waals surface area contributed by atoms with E-state index in [-0.39, 0.29) is 12.5 Å². The van der Waals surface area contributed by atoms with E-state index in [0.717, 1.165) is 0 Å². The van der Waals surface area contributed by atoms with Crippen LogP contribution in [0, 0.1) is 0 Å². The number of carbonyl (C=O) groups excluding carboxylic acids is 1. The highest BCUT2D eigenvalue weighted by molar-refractivity contribution is 7.10. The minimum absolute atomic E-state index is 0.0227. The van der Waals surface area contributed by atoms with Gasteiger partial charge in [-0.05, 0) is 35.7 Å². The Kier molecular flexibility index (Phi) is 4.52. The van der Waals surface area contributed by atoms with Crippen LogP contribution in [-0.4, -0.2) is 17.6 Å². The number of thiophene rings is 1. The Morgan fingerprint density at radius 1 is 1.22 bits per heavy atom. The summed E-state index contributed by atoms with van der Waals surface area (Å²) >= 11 is 7.42. The molecule has 0 spiro atoms. The molecule has 0 radical (unpaired) electrons. The Balaban J connectivity index is 1.84. The van der Waals surface area contributed by atoms with Crippen LogP contribution in [0.25, 0.3) is 0 Å². The molecule has 3 rings (SSSR count). The molecule has 1 unspecified atom stereocenters. The van der Waals surface area contributed by atoms with Crippen molar-refractivity contribution < 1.29 is 14.3 Å². The van der Waals surface area contributed by atoms with Crippen molar-refractivity contribution in [2.45, 2.75) is 5.60 Å². The third kappa shape index (κ3) is 3.17. The molecule has 0 aliphatic rings. The second kappa shape index (κ2) is 6.58. The van der Waals surface area contributed by atoms with E-state index >= 15 is 0 Å². The van der Waals surface area contributed by atoms with Gasteiger partial charge in [-0.2, -0.15) is 0 Å². The third-order valence-corrected chi connectivity index (χ3v) is 4.83. The van der Waals surface area contributed by atoms with E-state index in [4.69, 9.17) is 16.0 Å². The molecule has 2 aromatic heterocycles. The summed E-state index contributed by atoms with van der Waals surface area (Å²) in [6.07, 6.45) is 1.49. The van der Waals surface area contributed by atoms with Gasteiger partial charge >= 0.3 is 0 Å². The topological polar surface area (TPSA) is 62.5 Å². The van der Waals surface area contributed by atoms with Crippen molar-refractivity contribution in [3.63, 3.8) is 0 Å². The lowest BCUT2D eigenvalue weighted by molar-refractivity contribution is 0.0554. The van der Waals surface area contributed by atoms with E-state index in [2.05, 4.69) is 5.32 Å². The van der Waals surface area contributed by atoms with E-state index in [0.29, 0.717) is 21.2 Å². The Hall–Kier alpha value is -2.08. The number of benzene rings is 1. The second-order valence-corrected chi connectivity index (χ2v) is 6.33. The predicted molar refractivity (Wildman–Crippen MR) is 89.8 cm³/mol.